The van der Waals surface area contributed by atoms with Gasteiger partial charge in [-0.1, -0.05) is 0 Å². The molecule has 0 aliphatic carbocycles. The van der Waals surface area contributed by atoms with E-state index in [0.29, 0.717) is 34.3 Å². The van der Waals surface area contributed by atoms with Crippen LogP contribution in [0, 0.1) is 0 Å². The highest BCUT2D eigenvalue weighted by molar-refractivity contribution is 9.10. The first-order valence-corrected chi connectivity index (χ1v) is 6.38. The molecule has 0 atom stereocenters. The van der Waals surface area contributed by atoms with E-state index >= 15 is 0 Å². The zero-order valence-electron chi connectivity index (χ0n) is 9.96. The molecule has 0 spiro atoms. The summed E-state index contributed by atoms with van der Waals surface area (Å²) in [5, 5.41) is 2.68. The van der Waals surface area contributed by atoms with E-state index in [0.717, 1.165) is 0 Å². The summed E-state index contributed by atoms with van der Waals surface area (Å²) in [4.78, 5) is 28.0. The van der Waals surface area contributed by atoms with E-state index in [-0.39, 0.29) is 18.2 Å². The summed E-state index contributed by atoms with van der Waals surface area (Å²) < 4.78 is 5.70. The normalized spacial score (nSPS) is 10.8. The Morgan fingerprint density at radius 1 is 1.37 bits per heavy atom. The highest BCUT2D eigenvalue weighted by atomic mass is 79.9. The van der Waals surface area contributed by atoms with Crippen molar-refractivity contribution in [3.63, 3.8) is 0 Å². The Balaban J connectivity index is 2.13. The van der Waals surface area contributed by atoms with Crippen molar-refractivity contribution in [1.82, 2.24) is 9.97 Å². The smallest absolute Gasteiger partial charge is 0.323 e. The van der Waals surface area contributed by atoms with Crippen molar-refractivity contribution in [2.45, 2.75) is 0 Å². The zero-order valence-corrected chi connectivity index (χ0v) is 11.5. The molecule has 0 fully saturated rings. The van der Waals surface area contributed by atoms with E-state index in [1.807, 2.05) is 0 Å². The summed E-state index contributed by atoms with van der Waals surface area (Å²) in [5.41, 5.74) is 6.80. The second-order valence-electron chi connectivity index (χ2n) is 3.85. The lowest BCUT2D eigenvalue weighted by atomic mass is 10.2. The Hall–Kier alpha value is -1.64. The second-order valence-corrected chi connectivity index (χ2v) is 4.70. The molecule has 0 radical (unpaired) electrons. The van der Waals surface area contributed by atoms with Crippen LogP contribution in [0.2, 0.25) is 0 Å². The fourth-order valence-electron chi connectivity index (χ4n) is 1.59. The van der Waals surface area contributed by atoms with Gasteiger partial charge in [0.05, 0.1) is 23.3 Å². The number of nitrogens with two attached hydrogens (primary N) is 1. The van der Waals surface area contributed by atoms with Crippen molar-refractivity contribution in [3.8, 4) is 0 Å². The van der Waals surface area contributed by atoms with Gasteiger partial charge in [0, 0.05) is 11.0 Å². The Labute approximate surface area is 116 Å². The summed E-state index contributed by atoms with van der Waals surface area (Å²) in [5.74, 6) is -0.286. The van der Waals surface area contributed by atoms with E-state index in [1.165, 1.54) is 0 Å². The van der Waals surface area contributed by atoms with Gasteiger partial charge in [-0.05, 0) is 28.1 Å². The van der Waals surface area contributed by atoms with Gasteiger partial charge < -0.3 is 25.8 Å². The average Bonchev–Trinajstić information content (AvgIpc) is 2.69. The molecule has 1 heterocycles. The summed E-state index contributed by atoms with van der Waals surface area (Å²) in [6, 6.07) is 3.38. The molecule has 2 rings (SSSR count). The molecule has 0 aliphatic rings. The minimum atomic E-state index is -0.295. The number of ether oxygens (including phenoxy) is 1. The first-order valence-electron chi connectivity index (χ1n) is 5.59. The van der Waals surface area contributed by atoms with Gasteiger partial charge >= 0.3 is 5.69 Å². The number of hydrogen-bond acceptors (Lipinski definition) is 4. The van der Waals surface area contributed by atoms with E-state index in [1.54, 1.807) is 12.1 Å². The van der Waals surface area contributed by atoms with Crippen molar-refractivity contribution < 1.29 is 9.53 Å². The number of anilines is 1. The topological polar surface area (TPSA) is 113 Å². The number of fused-ring (bicyclic) bond motifs is 1. The van der Waals surface area contributed by atoms with Crippen molar-refractivity contribution in [2.75, 3.05) is 25.1 Å². The van der Waals surface area contributed by atoms with Crippen molar-refractivity contribution in [3.05, 3.63) is 27.1 Å². The predicted octanol–water partition coefficient (Wildman–Crippen LogP) is 0.532. The molecule has 0 unspecified atom stereocenters. The number of benzene rings is 1. The largest absolute Gasteiger partial charge is 0.370 e. The van der Waals surface area contributed by atoms with Gasteiger partial charge in [-0.25, -0.2) is 4.79 Å². The standard InChI is InChI=1S/C11H13BrN4O3/c12-6-3-8-9(16-11(18)15-8)4-7(6)14-10(17)5-19-2-1-13/h3-4H,1-2,5,13H2,(H,14,17)(H2,15,16,18). The number of carbonyl (C=O) groups is 1. The minimum Gasteiger partial charge on any atom is -0.370 e. The van der Waals surface area contributed by atoms with Gasteiger partial charge in [-0.2, -0.15) is 0 Å². The Morgan fingerprint density at radius 2 is 2.05 bits per heavy atom. The molecule has 1 aromatic carbocycles. The number of hydrogen-bond donors (Lipinski definition) is 4. The lowest BCUT2D eigenvalue weighted by Gasteiger charge is -2.07. The molecule has 2 aromatic rings. The third-order valence-electron chi connectivity index (χ3n) is 2.37. The van der Waals surface area contributed by atoms with Gasteiger partial charge in [0.25, 0.3) is 0 Å². The minimum absolute atomic E-state index is 0.0642. The van der Waals surface area contributed by atoms with Crippen molar-refractivity contribution in [2.24, 2.45) is 5.73 Å². The number of nitrogens with one attached hydrogen (secondary N) is 3. The Kier molecular flexibility index (Phi) is 4.35. The van der Waals surface area contributed by atoms with E-state index in [4.69, 9.17) is 10.5 Å². The van der Waals surface area contributed by atoms with Crippen LogP contribution in [0.25, 0.3) is 11.0 Å². The van der Waals surface area contributed by atoms with Gasteiger partial charge in [0.15, 0.2) is 0 Å². The van der Waals surface area contributed by atoms with Gasteiger partial charge in [-0.15, -0.1) is 0 Å². The van der Waals surface area contributed by atoms with Gasteiger partial charge in [0.2, 0.25) is 5.91 Å². The van der Waals surface area contributed by atoms with Crippen LogP contribution < -0.4 is 16.7 Å². The monoisotopic (exact) mass is 328 g/mol. The van der Waals surface area contributed by atoms with Crippen LogP contribution >= 0.6 is 15.9 Å². The molecular formula is C11H13BrN4O3. The second kappa shape index (κ2) is 6.00. The van der Waals surface area contributed by atoms with Crippen LogP contribution in [0.4, 0.5) is 5.69 Å². The number of amides is 1. The molecule has 0 saturated heterocycles. The fourth-order valence-corrected chi connectivity index (χ4v) is 2.03. The van der Waals surface area contributed by atoms with E-state index < -0.39 is 0 Å². The first kappa shape index (κ1) is 13.8. The summed E-state index contributed by atoms with van der Waals surface area (Å²) in [7, 11) is 0. The van der Waals surface area contributed by atoms with Crippen LogP contribution in [0.5, 0.6) is 0 Å². The Morgan fingerprint density at radius 3 is 2.74 bits per heavy atom. The number of aromatic amines is 2. The maximum absolute atomic E-state index is 11.6. The third kappa shape index (κ3) is 3.43. The molecule has 0 saturated carbocycles. The quantitative estimate of drug-likeness (QED) is 0.599. The molecule has 19 heavy (non-hydrogen) atoms. The summed E-state index contributed by atoms with van der Waals surface area (Å²) in [6.45, 7) is 0.637. The SMILES string of the molecule is NCCOCC(=O)Nc1cc2[nH]c(=O)[nH]c2cc1Br. The van der Waals surface area contributed by atoms with Crippen LogP contribution in [-0.4, -0.2) is 35.6 Å². The molecule has 5 N–H and O–H groups in total. The fraction of sp³-hybridized carbons (Fsp3) is 0.273. The highest BCUT2D eigenvalue weighted by Crippen LogP contribution is 2.26. The number of rotatable bonds is 5. The summed E-state index contributed by atoms with van der Waals surface area (Å²) >= 11 is 3.33. The maximum Gasteiger partial charge on any atom is 0.323 e. The van der Waals surface area contributed by atoms with Crippen LogP contribution in [-0.2, 0) is 9.53 Å². The molecule has 7 nitrogen and oxygen atoms in total. The molecular weight excluding hydrogens is 316 g/mol. The maximum atomic E-state index is 11.6. The molecule has 0 bridgehead atoms. The lowest BCUT2D eigenvalue weighted by Crippen LogP contribution is -2.20. The summed E-state index contributed by atoms with van der Waals surface area (Å²) in [6.07, 6.45) is 0. The highest BCUT2D eigenvalue weighted by Gasteiger charge is 2.08. The molecule has 1 amide bonds. The van der Waals surface area contributed by atoms with Crippen LogP contribution in [0.1, 0.15) is 0 Å². The van der Waals surface area contributed by atoms with Gasteiger partial charge in [0.1, 0.15) is 6.61 Å². The Bertz CT molecular complexity index is 649. The van der Waals surface area contributed by atoms with Gasteiger partial charge in [-0.3, -0.25) is 4.79 Å². The predicted molar refractivity (Wildman–Crippen MR) is 75.1 cm³/mol. The number of halogens is 1. The molecule has 8 heteroatoms. The molecule has 0 aliphatic heterocycles. The molecule has 102 valence electrons. The van der Waals surface area contributed by atoms with Crippen LogP contribution in [0.15, 0.2) is 21.4 Å². The average molecular weight is 329 g/mol. The van der Waals surface area contributed by atoms with Crippen LogP contribution in [0.3, 0.4) is 0 Å². The third-order valence-corrected chi connectivity index (χ3v) is 3.03. The first-order chi connectivity index (χ1) is 9.10. The number of H-pyrrole nitrogens is 2. The molecule has 1 aromatic heterocycles. The van der Waals surface area contributed by atoms with Crippen molar-refractivity contribution in [1.29, 1.82) is 0 Å². The zero-order chi connectivity index (χ0) is 13.8. The van der Waals surface area contributed by atoms with Crippen molar-refractivity contribution >= 4 is 38.6 Å². The van der Waals surface area contributed by atoms with E-state index in [2.05, 4.69) is 31.2 Å². The van der Waals surface area contributed by atoms with E-state index in [9.17, 15) is 9.59 Å². The number of imidazole rings is 1. The number of aromatic nitrogens is 2. The number of carbonyl (C=O) groups excluding carboxylic acids is 1. The lowest BCUT2D eigenvalue weighted by molar-refractivity contribution is -0.120.